The number of halogens is 2. The van der Waals surface area contributed by atoms with Gasteiger partial charge < -0.3 is 14.2 Å². The van der Waals surface area contributed by atoms with E-state index in [0.29, 0.717) is 35.7 Å². The van der Waals surface area contributed by atoms with Crippen LogP contribution in [0.4, 0.5) is 10.5 Å². The van der Waals surface area contributed by atoms with Crippen LogP contribution in [0.15, 0.2) is 12.1 Å². The molecule has 0 spiro atoms. The Kier molecular flexibility index (Phi) is 8.76. The Labute approximate surface area is 154 Å². The zero-order valence-electron chi connectivity index (χ0n) is 13.8. The molecule has 0 aliphatic heterocycles. The van der Waals surface area contributed by atoms with Gasteiger partial charge in [0.05, 0.1) is 24.1 Å². The Balaban J connectivity index is 3.21. The number of hydrogen-bond acceptors (Lipinski definition) is 4. The second-order valence-corrected chi connectivity index (χ2v) is 6.71. The summed E-state index contributed by atoms with van der Waals surface area (Å²) in [5.74, 6) is 1.27. The lowest BCUT2D eigenvalue weighted by atomic mass is 10.1. The van der Waals surface area contributed by atoms with Crippen LogP contribution in [0.5, 0.6) is 11.5 Å². The van der Waals surface area contributed by atoms with E-state index in [1.54, 1.807) is 19.9 Å². The standard InChI is InChI=1S/C16H23Br2NO4/c1-5-21-14-8-11(19-16(20)23-10(3)4)7-12(13(18)9-17)15(14)22-6-2/h7-8,10,13H,5-6,9H2,1-4H3,(H,19,20). The zero-order valence-corrected chi connectivity index (χ0v) is 17.0. The van der Waals surface area contributed by atoms with Crippen LogP contribution in [-0.2, 0) is 4.74 Å². The molecule has 0 aromatic heterocycles. The first kappa shape index (κ1) is 20.1. The van der Waals surface area contributed by atoms with E-state index in [9.17, 15) is 4.79 Å². The van der Waals surface area contributed by atoms with Crippen molar-refractivity contribution in [2.24, 2.45) is 0 Å². The molecular formula is C16H23Br2NO4. The highest BCUT2D eigenvalue weighted by molar-refractivity contribution is 9.12. The fourth-order valence-electron chi connectivity index (χ4n) is 1.93. The number of amides is 1. The molecule has 0 saturated heterocycles. The van der Waals surface area contributed by atoms with Crippen molar-refractivity contribution >= 4 is 43.6 Å². The largest absolute Gasteiger partial charge is 0.490 e. The van der Waals surface area contributed by atoms with Crippen molar-refractivity contribution < 1.29 is 19.0 Å². The maximum absolute atomic E-state index is 11.8. The number of carbonyl (C=O) groups excluding carboxylic acids is 1. The van der Waals surface area contributed by atoms with Crippen LogP contribution in [0, 0.1) is 0 Å². The topological polar surface area (TPSA) is 56.8 Å². The predicted octanol–water partition coefficient (Wildman–Crippen LogP) is 5.27. The van der Waals surface area contributed by atoms with E-state index >= 15 is 0 Å². The van der Waals surface area contributed by atoms with Gasteiger partial charge >= 0.3 is 6.09 Å². The molecule has 7 heteroatoms. The van der Waals surface area contributed by atoms with Gasteiger partial charge in [0.2, 0.25) is 0 Å². The average molecular weight is 453 g/mol. The minimum Gasteiger partial charge on any atom is -0.490 e. The lowest BCUT2D eigenvalue weighted by Gasteiger charge is -2.19. The molecule has 130 valence electrons. The summed E-state index contributed by atoms with van der Waals surface area (Å²) in [7, 11) is 0. The summed E-state index contributed by atoms with van der Waals surface area (Å²) in [6.07, 6.45) is -0.683. The van der Waals surface area contributed by atoms with E-state index in [1.165, 1.54) is 0 Å². The van der Waals surface area contributed by atoms with E-state index in [2.05, 4.69) is 37.2 Å². The first-order valence-electron chi connectivity index (χ1n) is 7.54. The molecule has 0 radical (unpaired) electrons. The van der Waals surface area contributed by atoms with Crippen LogP contribution >= 0.6 is 31.9 Å². The molecule has 0 aliphatic carbocycles. The maximum atomic E-state index is 11.8. The molecular weight excluding hydrogens is 430 g/mol. The van der Waals surface area contributed by atoms with Crippen LogP contribution in [0.25, 0.3) is 0 Å². The van der Waals surface area contributed by atoms with Gasteiger partial charge in [-0.1, -0.05) is 31.9 Å². The van der Waals surface area contributed by atoms with Crippen molar-refractivity contribution in [3.05, 3.63) is 17.7 Å². The van der Waals surface area contributed by atoms with Gasteiger partial charge in [-0.2, -0.15) is 0 Å². The Morgan fingerprint density at radius 2 is 1.87 bits per heavy atom. The van der Waals surface area contributed by atoms with E-state index in [1.807, 2.05) is 19.9 Å². The van der Waals surface area contributed by atoms with Crippen molar-refractivity contribution in [3.8, 4) is 11.5 Å². The molecule has 1 unspecified atom stereocenters. The molecule has 0 saturated carbocycles. The van der Waals surface area contributed by atoms with Gasteiger partial charge in [-0.15, -0.1) is 0 Å². The molecule has 0 fully saturated rings. The van der Waals surface area contributed by atoms with Gasteiger partial charge in [-0.05, 0) is 33.8 Å². The normalized spacial score (nSPS) is 12.0. The lowest BCUT2D eigenvalue weighted by Crippen LogP contribution is -2.18. The Morgan fingerprint density at radius 1 is 1.22 bits per heavy atom. The SMILES string of the molecule is CCOc1cc(NC(=O)OC(C)C)cc(C(Br)CBr)c1OCC. The second kappa shape index (κ2) is 10.0. The first-order valence-corrected chi connectivity index (χ1v) is 9.57. The van der Waals surface area contributed by atoms with Crippen molar-refractivity contribution in [3.63, 3.8) is 0 Å². The number of rotatable bonds is 8. The summed E-state index contributed by atoms with van der Waals surface area (Å²) >= 11 is 7.06. The minimum atomic E-state index is -0.498. The maximum Gasteiger partial charge on any atom is 0.411 e. The lowest BCUT2D eigenvalue weighted by molar-refractivity contribution is 0.130. The summed E-state index contributed by atoms with van der Waals surface area (Å²) in [6.45, 7) is 8.45. The predicted molar refractivity (Wildman–Crippen MR) is 99.5 cm³/mol. The monoisotopic (exact) mass is 451 g/mol. The zero-order chi connectivity index (χ0) is 17.4. The molecule has 1 amide bonds. The fraction of sp³-hybridized carbons (Fsp3) is 0.562. The molecule has 1 N–H and O–H groups in total. The Morgan fingerprint density at radius 3 is 2.39 bits per heavy atom. The molecule has 1 rings (SSSR count). The van der Waals surface area contributed by atoms with Gasteiger partial charge in [0.1, 0.15) is 0 Å². The summed E-state index contributed by atoms with van der Waals surface area (Å²) in [5, 5.41) is 3.42. The van der Waals surface area contributed by atoms with Crippen LogP contribution in [0.3, 0.4) is 0 Å². The second-order valence-electron chi connectivity index (χ2n) is 4.96. The van der Waals surface area contributed by atoms with Gasteiger partial charge in [0.15, 0.2) is 11.5 Å². The van der Waals surface area contributed by atoms with Crippen molar-refractivity contribution in [1.29, 1.82) is 0 Å². The molecule has 5 nitrogen and oxygen atoms in total. The summed E-state index contributed by atoms with van der Waals surface area (Å²) < 4.78 is 16.5. The first-order chi connectivity index (χ1) is 10.9. The molecule has 1 aromatic carbocycles. The highest BCUT2D eigenvalue weighted by Crippen LogP contribution is 2.42. The third-order valence-corrected chi connectivity index (χ3v) is 5.07. The van der Waals surface area contributed by atoms with Gasteiger partial charge in [0.25, 0.3) is 0 Å². The highest BCUT2D eigenvalue weighted by Gasteiger charge is 2.20. The van der Waals surface area contributed by atoms with E-state index in [0.717, 1.165) is 5.56 Å². The number of carbonyl (C=O) groups is 1. The quantitative estimate of drug-likeness (QED) is 0.545. The number of alkyl halides is 2. The number of hydrogen-bond donors (Lipinski definition) is 1. The fourth-order valence-corrected chi connectivity index (χ4v) is 2.62. The van der Waals surface area contributed by atoms with Crippen LogP contribution in [0.1, 0.15) is 38.1 Å². The van der Waals surface area contributed by atoms with Crippen LogP contribution in [-0.4, -0.2) is 30.7 Å². The molecule has 1 atom stereocenters. The van der Waals surface area contributed by atoms with Crippen LogP contribution < -0.4 is 14.8 Å². The Bertz CT molecular complexity index is 523. The Hall–Kier alpha value is -0.950. The smallest absolute Gasteiger partial charge is 0.411 e. The number of benzene rings is 1. The number of nitrogens with one attached hydrogen (secondary N) is 1. The molecule has 0 heterocycles. The molecule has 0 bridgehead atoms. The van der Waals surface area contributed by atoms with Crippen LogP contribution in [0.2, 0.25) is 0 Å². The van der Waals surface area contributed by atoms with Gasteiger partial charge in [-0.3, -0.25) is 5.32 Å². The minimum absolute atomic E-state index is 0.0196. The highest BCUT2D eigenvalue weighted by atomic mass is 79.9. The molecule has 23 heavy (non-hydrogen) atoms. The van der Waals surface area contributed by atoms with Crippen molar-refractivity contribution in [1.82, 2.24) is 0 Å². The van der Waals surface area contributed by atoms with E-state index in [-0.39, 0.29) is 10.9 Å². The van der Waals surface area contributed by atoms with E-state index in [4.69, 9.17) is 14.2 Å². The van der Waals surface area contributed by atoms with Crippen molar-refractivity contribution in [2.45, 2.75) is 38.6 Å². The van der Waals surface area contributed by atoms with Gasteiger partial charge in [-0.25, -0.2) is 4.79 Å². The third kappa shape index (κ3) is 6.22. The van der Waals surface area contributed by atoms with E-state index < -0.39 is 6.09 Å². The average Bonchev–Trinajstić information content (AvgIpc) is 2.48. The third-order valence-electron chi connectivity index (χ3n) is 2.73. The molecule has 1 aromatic rings. The van der Waals surface area contributed by atoms with Gasteiger partial charge in [0, 0.05) is 22.6 Å². The summed E-state index contributed by atoms with van der Waals surface area (Å²) in [4.78, 5) is 11.8. The summed E-state index contributed by atoms with van der Waals surface area (Å²) in [5.41, 5.74) is 1.50. The number of ether oxygens (including phenoxy) is 3. The van der Waals surface area contributed by atoms with Crippen molar-refractivity contribution in [2.75, 3.05) is 23.9 Å². The summed E-state index contributed by atoms with van der Waals surface area (Å²) in [6, 6.07) is 3.60. The molecule has 0 aliphatic rings. The number of anilines is 1.